The van der Waals surface area contributed by atoms with Gasteiger partial charge in [0.2, 0.25) is 6.41 Å². The number of carbonyl (C=O) groups is 1. The lowest BCUT2D eigenvalue weighted by Gasteiger charge is -2.40. The molecule has 0 saturated heterocycles. The van der Waals surface area contributed by atoms with E-state index in [4.69, 9.17) is 28.2 Å². The first-order chi connectivity index (χ1) is 13.4. The molecule has 1 N–H and O–H groups in total. The van der Waals surface area contributed by atoms with Gasteiger partial charge in [0, 0.05) is 21.7 Å². The maximum Gasteiger partial charge on any atom is 0.211 e. The number of amides is 1. The third-order valence-electron chi connectivity index (χ3n) is 5.37. The Morgan fingerprint density at radius 1 is 1.18 bits per heavy atom. The van der Waals surface area contributed by atoms with Crippen LogP contribution in [-0.4, -0.2) is 17.7 Å². The molecular weight excluding hydrogens is 411 g/mol. The minimum atomic E-state index is -0.0734. The van der Waals surface area contributed by atoms with Gasteiger partial charge < -0.3 is 5.32 Å². The molecule has 0 aromatic heterocycles. The third kappa shape index (κ3) is 4.56. The Balaban J connectivity index is 2.20. The molecule has 0 saturated carbocycles. The molecular formula is C22H24Cl2N2OS. The lowest BCUT2D eigenvalue weighted by atomic mass is 9.70. The van der Waals surface area contributed by atoms with Crippen LogP contribution in [0.25, 0.3) is 0 Å². The second-order valence-electron chi connectivity index (χ2n) is 7.36. The van der Waals surface area contributed by atoms with Gasteiger partial charge in [-0.15, -0.1) is 11.8 Å². The summed E-state index contributed by atoms with van der Waals surface area (Å²) in [7, 11) is 0. The quantitative estimate of drug-likeness (QED) is 0.524. The molecule has 3 nitrogen and oxygen atoms in total. The number of nitrogens with zero attached hydrogens (tertiary/aromatic N) is 1. The molecule has 1 heterocycles. The summed E-state index contributed by atoms with van der Waals surface area (Å²) < 4.78 is 0. The maximum absolute atomic E-state index is 11.2. The number of anilines is 1. The molecule has 6 heteroatoms. The number of thioether (sulfide) groups is 1. The Morgan fingerprint density at radius 3 is 2.57 bits per heavy atom. The predicted octanol–water partition coefficient (Wildman–Crippen LogP) is 6.82. The lowest BCUT2D eigenvalue weighted by Crippen LogP contribution is -2.30. The fourth-order valence-corrected chi connectivity index (χ4v) is 4.97. The Bertz CT molecular complexity index is 885. The number of hydrogen-bond donors (Lipinski definition) is 1. The van der Waals surface area contributed by atoms with Crippen LogP contribution in [0, 0.1) is 11.8 Å². The maximum atomic E-state index is 11.2. The van der Waals surface area contributed by atoms with E-state index >= 15 is 0 Å². The second kappa shape index (κ2) is 9.34. The number of rotatable bonds is 5. The molecule has 0 aliphatic carbocycles. The van der Waals surface area contributed by atoms with Gasteiger partial charge in [0.1, 0.15) is 0 Å². The van der Waals surface area contributed by atoms with Gasteiger partial charge in [-0.3, -0.25) is 9.79 Å². The van der Waals surface area contributed by atoms with Crippen molar-refractivity contribution in [3.63, 3.8) is 0 Å². The Morgan fingerprint density at radius 2 is 1.93 bits per heavy atom. The molecule has 0 spiro atoms. The van der Waals surface area contributed by atoms with Gasteiger partial charge in [-0.25, -0.2) is 0 Å². The number of aliphatic imine (C=N–C) groups is 1. The predicted molar refractivity (Wildman–Crippen MR) is 122 cm³/mol. The standard InChI is InChI=1S/C22H24Cl2N2OS/c1-13(2)18-11-20(28-3)26-22(14-5-4-6-15(23)9-14)21(18)17-8-7-16(24)10-19(17)25-12-27/h4-10,12-13,18,21-22H,11H2,1-3H3,(H,25,27)/t18-,21+,22+/m1/s1. The zero-order chi connectivity index (χ0) is 20.3. The summed E-state index contributed by atoms with van der Waals surface area (Å²) in [5.41, 5.74) is 2.89. The molecule has 0 radical (unpaired) electrons. The average molecular weight is 435 g/mol. The first-order valence-electron chi connectivity index (χ1n) is 9.30. The van der Waals surface area contributed by atoms with Crippen molar-refractivity contribution in [3.05, 3.63) is 63.6 Å². The van der Waals surface area contributed by atoms with Crippen molar-refractivity contribution in [1.29, 1.82) is 0 Å². The normalized spacial score (nSPS) is 22.1. The van der Waals surface area contributed by atoms with Crippen molar-refractivity contribution in [2.75, 3.05) is 11.6 Å². The summed E-state index contributed by atoms with van der Waals surface area (Å²) in [6, 6.07) is 13.6. The lowest BCUT2D eigenvalue weighted by molar-refractivity contribution is -0.105. The highest BCUT2D eigenvalue weighted by Gasteiger charge is 2.39. The number of halogens is 2. The first-order valence-corrected chi connectivity index (χ1v) is 11.3. The zero-order valence-electron chi connectivity index (χ0n) is 16.2. The van der Waals surface area contributed by atoms with Crippen molar-refractivity contribution in [3.8, 4) is 0 Å². The van der Waals surface area contributed by atoms with E-state index in [2.05, 4.69) is 31.5 Å². The molecule has 2 aromatic carbocycles. The topological polar surface area (TPSA) is 41.5 Å². The summed E-state index contributed by atoms with van der Waals surface area (Å²) >= 11 is 14.2. The summed E-state index contributed by atoms with van der Waals surface area (Å²) in [5, 5.41) is 5.28. The van der Waals surface area contributed by atoms with Crippen molar-refractivity contribution >= 4 is 52.1 Å². The van der Waals surface area contributed by atoms with Crippen LogP contribution < -0.4 is 5.32 Å². The number of hydrogen-bond acceptors (Lipinski definition) is 3. The van der Waals surface area contributed by atoms with E-state index in [0.717, 1.165) is 28.3 Å². The molecule has 0 bridgehead atoms. The van der Waals surface area contributed by atoms with Crippen LogP contribution in [0.1, 0.15) is 43.4 Å². The van der Waals surface area contributed by atoms with E-state index in [-0.39, 0.29) is 12.0 Å². The van der Waals surface area contributed by atoms with Crippen LogP contribution in [0.3, 0.4) is 0 Å². The van der Waals surface area contributed by atoms with Gasteiger partial charge in [-0.1, -0.05) is 55.2 Å². The molecule has 148 valence electrons. The minimum absolute atomic E-state index is 0.0734. The van der Waals surface area contributed by atoms with Crippen LogP contribution in [-0.2, 0) is 4.79 Å². The largest absolute Gasteiger partial charge is 0.328 e. The molecule has 1 aliphatic rings. The van der Waals surface area contributed by atoms with Crippen LogP contribution in [0.15, 0.2) is 47.5 Å². The van der Waals surface area contributed by atoms with Gasteiger partial charge in [0.15, 0.2) is 0 Å². The fraction of sp³-hybridized carbons (Fsp3) is 0.364. The SMILES string of the molecule is CSC1=N[C@@H](c2cccc(Cl)c2)[C@@H](c2ccc(Cl)cc2NC=O)[C@@H](C(C)C)C1. The molecule has 3 rings (SSSR count). The highest BCUT2D eigenvalue weighted by atomic mass is 35.5. The van der Waals surface area contributed by atoms with Crippen molar-refractivity contribution in [1.82, 2.24) is 0 Å². The highest BCUT2D eigenvalue weighted by molar-refractivity contribution is 8.13. The second-order valence-corrected chi connectivity index (χ2v) is 9.11. The van der Waals surface area contributed by atoms with Gasteiger partial charge in [0.25, 0.3) is 0 Å². The molecule has 2 aromatic rings. The monoisotopic (exact) mass is 434 g/mol. The first kappa shape index (κ1) is 21.2. The smallest absolute Gasteiger partial charge is 0.211 e. The summed E-state index contributed by atoms with van der Waals surface area (Å²) in [6.07, 6.45) is 3.70. The van der Waals surface area contributed by atoms with E-state index in [1.165, 1.54) is 0 Å². The Hall–Kier alpha value is -1.49. The van der Waals surface area contributed by atoms with Crippen LogP contribution in [0.5, 0.6) is 0 Å². The summed E-state index contributed by atoms with van der Waals surface area (Å²) in [5.74, 6) is 0.926. The van der Waals surface area contributed by atoms with Gasteiger partial charge in [0.05, 0.1) is 11.1 Å². The number of carbonyl (C=O) groups excluding carboxylic acids is 1. The van der Waals surface area contributed by atoms with Crippen LogP contribution >= 0.6 is 35.0 Å². The van der Waals surface area contributed by atoms with Crippen LogP contribution in [0.4, 0.5) is 5.69 Å². The van der Waals surface area contributed by atoms with E-state index in [0.29, 0.717) is 28.3 Å². The van der Waals surface area contributed by atoms with Gasteiger partial charge in [-0.2, -0.15) is 0 Å². The Kier molecular flexibility index (Phi) is 7.08. The number of benzene rings is 2. The molecule has 1 aliphatic heterocycles. The highest BCUT2D eigenvalue weighted by Crippen LogP contribution is 2.50. The van der Waals surface area contributed by atoms with E-state index in [9.17, 15) is 4.79 Å². The molecule has 0 fully saturated rings. The molecule has 28 heavy (non-hydrogen) atoms. The molecule has 3 atom stereocenters. The van der Waals surface area contributed by atoms with E-state index < -0.39 is 0 Å². The fourth-order valence-electron chi connectivity index (χ4n) is 4.02. The van der Waals surface area contributed by atoms with E-state index in [1.54, 1.807) is 11.8 Å². The Labute approximate surface area is 180 Å². The van der Waals surface area contributed by atoms with E-state index in [1.807, 2.05) is 36.4 Å². The van der Waals surface area contributed by atoms with Crippen LogP contribution in [0.2, 0.25) is 10.0 Å². The molecule has 0 unspecified atom stereocenters. The average Bonchev–Trinajstić information content (AvgIpc) is 2.67. The van der Waals surface area contributed by atoms with Crippen molar-refractivity contribution < 1.29 is 4.79 Å². The van der Waals surface area contributed by atoms with Gasteiger partial charge >= 0.3 is 0 Å². The van der Waals surface area contributed by atoms with Crippen molar-refractivity contribution in [2.45, 2.75) is 32.2 Å². The third-order valence-corrected chi connectivity index (χ3v) is 6.58. The van der Waals surface area contributed by atoms with Crippen molar-refractivity contribution in [2.24, 2.45) is 16.8 Å². The minimum Gasteiger partial charge on any atom is -0.328 e. The molecule has 1 amide bonds. The zero-order valence-corrected chi connectivity index (χ0v) is 18.5. The number of nitrogens with one attached hydrogen (secondary N) is 1. The summed E-state index contributed by atoms with van der Waals surface area (Å²) in [4.78, 5) is 16.3. The summed E-state index contributed by atoms with van der Waals surface area (Å²) in [6.45, 7) is 4.50. The van der Waals surface area contributed by atoms with Gasteiger partial charge in [-0.05, 0) is 59.9 Å².